The molecule has 0 radical (unpaired) electrons. The van der Waals surface area contributed by atoms with Crippen LogP contribution >= 0.6 is 0 Å². The smallest absolute Gasteiger partial charge is 0.222 e. The molecule has 6 nitrogen and oxygen atoms in total. The van der Waals surface area contributed by atoms with Crippen molar-refractivity contribution in [1.82, 2.24) is 9.97 Å². The van der Waals surface area contributed by atoms with Gasteiger partial charge in [0.15, 0.2) is 0 Å². The average molecular weight is 263 g/mol. The number of hydrogen-bond acceptors (Lipinski definition) is 5. The highest BCUT2D eigenvalue weighted by Crippen LogP contribution is 2.33. The number of aromatic nitrogens is 2. The zero-order valence-electron chi connectivity index (χ0n) is 11.7. The van der Waals surface area contributed by atoms with Gasteiger partial charge in [0.2, 0.25) is 5.91 Å². The first kappa shape index (κ1) is 13.6. The van der Waals surface area contributed by atoms with E-state index < -0.39 is 0 Å². The predicted molar refractivity (Wildman–Crippen MR) is 75.2 cm³/mol. The maximum Gasteiger partial charge on any atom is 0.222 e. The summed E-state index contributed by atoms with van der Waals surface area (Å²) in [6.45, 7) is 5.69. The topological polar surface area (TPSA) is 84.1 Å². The molecule has 1 fully saturated rings. The molecule has 104 valence electrons. The zero-order chi connectivity index (χ0) is 14.0. The van der Waals surface area contributed by atoms with E-state index in [0.717, 1.165) is 30.2 Å². The summed E-state index contributed by atoms with van der Waals surface area (Å²) in [6.07, 6.45) is 2.36. The summed E-state index contributed by atoms with van der Waals surface area (Å²) in [5, 5.41) is 3.11. The van der Waals surface area contributed by atoms with Crippen molar-refractivity contribution >= 4 is 17.5 Å². The van der Waals surface area contributed by atoms with E-state index in [-0.39, 0.29) is 11.8 Å². The molecule has 1 saturated heterocycles. The second kappa shape index (κ2) is 5.42. The van der Waals surface area contributed by atoms with Crippen molar-refractivity contribution < 1.29 is 4.79 Å². The third-order valence-corrected chi connectivity index (χ3v) is 3.57. The molecule has 1 atom stereocenters. The Morgan fingerprint density at radius 1 is 1.53 bits per heavy atom. The molecular formula is C13H21N5O. The molecule has 19 heavy (non-hydrogen) atoms. The van der Waals surface area contributed by atoms with Gasteiger partial charge >= 0.3 is 0 Å². The third-order valence-electron chi connectivity index (χ3n) is 3.57. The molecule has 0 bridgehead atoms. The Bertz CT molecular complexity index is 474. The van der Waals surface area contributed by atoms with Gasteiger partial charge in [0, 0.05) is 25.7 Å². The SMILES string of the molecule is CNc1ncnc(N2CCC(C(N)=O)C2)c1C(C)C. The maximum absolute atomic E-state index is 11.3. The highest BCUT2D eigenvalue weighted by Gasteiger charge is 2.30. The molecule has 2 rings (SSSR count). The second-order valence-corrected chi connectivity index (χ2v) is 5.20. The largest absolute Gasteiger partial charge is 0.373 e. The van der Waals surface area contributed by atoms with E-state index in [0.29, 0.717) is 12.5 Å². The number of anilines is 2. The number of carbonyl (C=O) groups excluding carboxylic acids is 1. The quantitative estimate of drug-likeness (QED) is 0.845. The van der Waals surface area contributed by atoms with Gasteiger partial charge in [-0.2, -0.15) is 0 Å². The summed E-state index contributed by atoms with van der Waals surface area (Å²) >= 11 is 0. The molecule has 1 aromatic rings. The molecule has 1 amide bonds. The first-order valence-electron chi connectivity index (χ1n) is 6.61. The molecule has 0 aliphatic carbocycles. The average Bonchev–Trinajstić information content (AvgIpc) is 2.87. The fourth-order valence-electron chi connectivity index (χ4n) is 2.55. The van der Waals surface area contributed by atoms with Crippen LogP contribution in [0.4, 0.5) is 11.6 Å². The van der Waals surface area contributed by atoms with Crippen LogP contribution in [0.1, 0.15) is 31.7 Å². The number of primary amides is 1. The van der Waals surface area contributed by atoms with Gasteiger partial charge in [-0.15, -0.1) is 0 Å². The number of rotatable bonds is 4. The van der Waals surface area contributed by atoms with Crippen LogP contribution in [0.5, 0.6) is 0 Å². The lowest BCUT2D eigenvalue weighted by molar-refractivity contribution is -0.121. The lowest BCUT2D eigenvalue weighted by atomic mass is 10.0. The number of amides is 1. The van der Waals surface area contributed by atoms with E-state index in [1.807, 2.05) is 7.05 Å². The lowest BCUT2D eigenvalue weighted by Crippen LogP contribution is -2.28. The van der Waals surface area contributed by atoms with E-state index in [1.165, 1.54) is 0 Å². The maximum atomic E-state index is 11.3. The van der Waals surface area contributed by atoms with Crippen molar-refractivity contribution in [3.63, 3.8) is 0 Å². The van der Waals surface area contributed by atoms with E-state index in [1.54, 1.807) is 6.33 Å². The van der Waals surface area contributed by atoms with Crippen LogP contribution in [0.15, 0.2) is 6.33 Å². The molecule has 3 N–H and O–H groups in total. The highest BCUT2D eigenvalue weighted by molar-refractivity contribution is 5.78. The van der Waals surface area contributed by atoms with Crippen LogP contribution in [-0.2, 0) is 4.79 Å². The van der Waals surface area contributed by atoms with Crippen LogP contribution in [0.2, 0.25) is 0 Å². The number of nitrogens with two attached hydrogens (primary N) is 1. The van der Waals surface area contributed by atoms with Crippen LogP contribution in [0.25, 0.3) is 0 Å². The highest BCUT2D eigenvalue weighted by atomic mass is 16.1. The Hall–Kier alpha value is -1.85. The van der Waals surface area contributed by atoms with Crippen LogP contribution in [-0.4, -0.2) is 36.0 Å². The summed E-state index contributed by atoms with van der Waals surface area (Å²) in [5.74, 6) is 1.77. The van der Waals surface area contributed by atoms with Gasteiger partial charge in [0.1, 0.15) is 18.0 Å². The van der Waals surface area contributed by atoms with Gasteiger partial charge in [0.25, 0.3) is 0 Å². The van der Waals surface area contributed by atoms with Gasteiger partial charge in [-0.05, 0) is 12.3 Å². The van der Waals surface area contributed by atoms with Crippen molar-refractivity contribution in [3.05, 3.63) is 11.9 Å². The fraction of sp³-hybridized carbons (Fsp3) is 0.615. The van der Waals surface area contributed by atoms with Crippen molar-refractivity contribution in [2.24, 2.45) is 11.7 Å². The Kier molecular flexibility index (Phi) is 3.87. The molecule has 0 spiro atoms. The lowest BCUT2D eigenvalue weighted by Gasteiger charge is -2.23. The van der Waals surface area contributed by atoms with Gasteiger partial charge in [-0.3, -0.25) is 4.79 Å². The molecular weight excluding hydrogens is 242 g/mol. The molecule has 1 aliphatic rings. The van der Waals surface area contributed by atoms with Crippen molar-refractivity contribution in [3.8, 4) is 0 Å². The van der Waals surface area contributed by atoms with E-state index in [9.17, 15) is 4.79 Å². The first-order valence-corrected chi connectivity index (χ1v) is 6.61. The number of nitrogens with zero attached hydrogens (tertiary/aromatic N) is 3. The fourth-order valence-corrected chi connectivity index (χ4v) is 2.55. The Labute approximate surface area is 113 Å². The molecule has 0 saturated carbocycles. The minimum Gasteiger partial charge on any atom is -0.373 e. The first-order chi connectivity index (χ1) is 9.04. The molecule has 6 heteroatoms. The Morgan fingerprint density at radius 2 is 2.26 bits per heavy atom. The van der Waals surface area contributed by atoms with E-state index in [4.69, 9.17) is 5.73 Å². The van der Waals surface area contributed by atoms with Crippen LogP contribution in [0.3, 0.4) is 0 Å². The molecule has 1 aliphatic heterocycles. The third kappa shape index (κ3) is 2.62. The molecule has 0 aromatic carbocycles. The number of nitrogens with one attached hydrogen (secondary N) is 1. The van der Waals surface area contributed by atoms with Gasteiger partial charge in [-0.25, -0.2) is 9.97 Å². The summed E-state index contributed by atoms with van der Waals surface area (Å²) in [4.78, 5) is 22.1. The summed E-state index contributed by atoms with van der Waals surface area (Å²) < 4.78 is 0. The number of carbonyl (C=O) groups is 1. The van der Waals surface area contributed by atoms with Crippen LogP contribution < -0.4 is 16.0 Å². The minimum absolute atomic E-state index is 0.0759. The molecule has 1 unspecified atom stereocenters. The predicted octanol–water partition coefficient (Wildman–Crippen LogP) is 0.953. The summed E-state index contributed by atoms with van der Waals surface area (Å²) in [5.41, 5.74) is 6.47. The van der Waals surface area contributed by atoms with Gasteiger partial charge < -0.3 is 16.0 Å². The molecule has 1 aromatic heterocycles. The monoisotopic (exact) mass is 263 g/mol. The van der Waals surface area contributed by atoms with Crippen LogP contribution in [0, 0.1) is 5.92 Å². The number of hydrogen-bond donors (Lipinski definition) is 2. The molecule has 2 heterocycles. The minimum atomic E-state index is -0.225. The normalized spacial score (nSPS) is 18.9. The second-order valence-electron chi connectivity index (χ2n) is 5.20. The standard InChI is InChI=1S/C13H21N5O/c1-8(2)10-12(15-3)16-7-17-13(10)18-5-4-9(6-18)11(14)19/h7-9H,4-6H2,1-3H3,(H2,14,19)(H,15,16,17). The van der Waals surface area contributed by atoms with Gasteiger partial charge in [0.05, 0.1) is 5.92 Å². The zero-order valence-corrected chi connectivity index (χ0v) is 11.7. The Morgan fingerprint density at radius 3 is 2.79 bits per heavy atom. The Balaban J connectivity index is 2.33. The van der Waals surface area contributed by atoms with Crippen molar-refractivity contribution in [1.29, 1.82) is 0 Å². The summed E-state index contributed by atoms with van der Waals surface area (Å²) in [7, 11) is 1.86. The van der Waals surface area contributed by atoms with Gasteiger partial charge in [-0.1, -0.05) is 13.8 Å². The van der Waals surface area contributed by atoms with Crippen molar-refractivity contribution in [2.45, 2.75) is 26.2 Å². The van der Waals surface area contributed by atoms with E-state index in [2.05, 4.69) is 34.0 Å². The summed E-state index contributed by atoms with van der Waals surface area (Å²) in [6, 6.07) is 0. The van der Waals surface area contributed by atoms with Crippen molar-refractivity contribution in [2.75, 3.05) is 30.4 Å². The van der Waals surface area contributed by atoms with E-state index >= 15 is 0 Å².